The molecule has 3 aromatic heterocycles. The number of nitrogens with zero attached hydrogens (tertiary/aromatic N) is 2. The molecule has 6 aromatic rings. The highest BCUT2D eigenvalue weighted by molar-refractivity contribution is 5.97. The van der Waals surface area contributed by atoms with E-state index in [4.69, 9.17) is 9.97 Å². The van der Waals surface area contributed by atoms with Crippen LogP contribution in [0.5, 0.6) is 0 Å². The first-order chi connectivity index (χ1) is 30.4. The van der Waals surface area contributed by atoms with E-state index in [-0.39, 0.29) is 32.5 Å². The van der Waals surface area contributed by atoms with Crippen LogP contribution in [0.3, 0.4) is 0 Å². The smallest absolute Gasteiger partial charge is 0.0738 e. The maximum Gasteiger partial charge on any atom is 0.0738 e. The summed E-state index contributed by atoms with van der Waals surface area (Å²) in [6.45, 7) is 41.5. The van der Waals surface area contributed by atoms with Crippen molar-refractivity contribution < 1.29 is 0 Å². The molecule has 0 amide bonds. The van der Waals surface area contributed by atoms with Crippen LogP contribution >= 0.6 is 0 Å². The summed E-state index contributed by atoms with van der Waals surface area (Å²) >= 11 is 0. The molecule has 0 radical (unpaired) electrons. The number of nitrogens with one attached hydrogen (secondary N) is 2. The molecule has 4 heteroatoms. The van der Waals surface area contributed by atoms with Crippen molar-refractivity contribution in [2.75, 3.05) is 0 Å². The Bertz CT molecular complexity index is 2850. The Morgan fingerprint density at radius 1 is 0.288 bits per heavy atom. The van der Waals surface area contributed by atoms with Gasteiger partial charge in [0.1, 0.15) is 0 Å². The predicted octanol–water partition coefficient (Wildman–Crippen LogP) is 17.4. The van der Waals surface area contributed by atoms with E-state index in [9.17, 15) is 0 Å². The van der Waals surface area contributed by atoms with Crippen LogP contribution in [-0.4, -0.2) is 19.9 Å². The average Bonchev–Trinajstić information content (AvgIpc) is 4.03. The molecule has 66 heavy (non-hydrogen) atoms. The van der Waals surface area contributed by atoms with Crippen LogP contribution < -0.4 is 0 Å². The van der Waals surface area contributed by atoms with Gasteiger partial charge in [-0.15, -0.1) is 0 Å². The summed E-state index contributed by atoms with van der Waals surface area (Å²) in [5.41, 5.74) is 21.8. The topological polar surface area (TPSA) is 57.4 Å². The minimum absolute atomic E-state index is 0.0529. The normalized spacial score (nSPS) is 13.8. The van der Waals surface area contributed by atoms with Gasteiger partial charge in [0.25, 0.3) is 0 Å². The number of benzene rings is 3. The second-order valence-corrected chi connectivity index (χ2v) is 25.3. The lowest BCUT2D eigenvalue weighted by atomic mass is 9.78. The standard InChI is InChI=1S/C62H74N4/c1-57(2,3)40-27-37(28-41(33-40)58(4,5)6)54-48-21-19-46(63-48)36-47-20-22-49(64-47)55(38-29-42(59(7,8)9)34-43(30-38)60(10,11)12)51-24-26-53(66-51)56(52-25-23-50(54)65-52)39-31-44(61(13,14)15)35-45(32-39)62(16,17)18/h19-36,63-64H,1-18H3. The Balaban J connectivity index is 1.57. The molecule has 0 saturated carbocycles. The van der Waals surface area contributed by atoms with E-state index in [0.717, 1.165) is 78.2 Å². The molecule has 0 spiro atoms. The lowest BCUT2D eigenvalue weighted by molar-refractivity contribution is 0.568. The molecule has 0 atom stereocenters. The van der Waals surface area contributed by atoms with Crippen molar-refractivity contribution >= 4 is 46.4 Å². The van der Waals surface area contributed by atoms with E-state index in [1.165, 1.54) is 33.4 Å². The predicted molar refractivity (Wildman–Crippen MR) is 287 cm³/mol. The number of aromatic amines is 2. The molecule has 2 aliphatic rings. The molecule has 4 nitrogen and oxygen atoms in total. The SMILES string of the molecule is CC(C)(C)c1cc(-c2c3nc(c(-c4cc(C(C)(C)C)cc(C(C)(C)C)c4)c4ccc(cc5ccc([nH]5)c(-c5cc(C(C)(C)C)cc(C(C)(C)C)c5)c5nc2C=C5)[nH]4)C=C3)cc(C(C)(C)C)c1. The first-order valence-electron chi connectivity index (χ1n) is 24.1. The zero-order chi connectivity index (χ0) is 48.1. The van der Waals surface area contributed by atoms with E-state index in [1.807, 2.05) is 0 Å². The third-order valence-electron chi connectivity index (χ3n) is 13.4. The van der Waals surface area contributed by atoms with Crippen LogP contribution in [0.4, 0.5) is 0 Å². The number of hydrogen-bond donors (Lipinski definition) is 2. The molecule has 2 aliphatic heterocycles. The average molecular weight is 875 g/mol. The lowest BCUT2D eigenvalue weighted by Crippen LogP contribution is -2.16. The first-order valence-corrected chi connectivity index (χ1v) is 24.1. The molecule has 342 valence electrons. The zero-order valence-corrected chi connectivity index (χ0v) is 43.3. The summed E-state index contributed by atoms with van der Waals surface area (Å²) in [5, 5.41) is 0. The van der Waals surface area contributed by atoms with Gasteiger partial charge in [-0.05, 0) is 137 Å². The number of rotatable bonds is 3. The van der Waals surface area contributed by atoms with Crippen molar-refractivity contribution in [3.05, 3.63) is 141 Å². The highest BCUT2D eigenvalue weighted by atomic mass is 14.8. The van der Waals surface area contributed by atoms with Crippen molar-refractivity contribution in [2.45, 2.75) is 157 Å². The minimum atomic E-state index is -0.0780. The van der Waals surface area contributed by atoms with E-state index >= 15 is 0 Å². The van der Waals surface area contributed by atoms with Gasteiger partial charge in [-0.1, -0.05) is 179 Å². The van der Waals surface area contributed by atoms with Gasteiger partial charge in [0.15, 0.2) is 0 Å². The Kier molecular flexibility index (Phi) is 11.3. The third kappa shape index (κ3) is 9.44. The molecule has 0 fully saturated rings. The molecule has 2 N–H and O–H groups in total. The van der Waals surface area contributed by atoms with Crippen LogP contribution in [0.1, 0.15) is 181 Å². The largest absolute Gasteiger partial charge is 0.355 e. The van der Waals surface area contributed by atoms with E-state index in [0.29, 0.717) is 0 Å². The summed E-state index contributed by atoms with van der Waals surface area (Å²) in [6, 6.07) is 32.5. The second-order valence-electron chi connectivity index (χ2n) is 25.3. The second kappa shape index (κ2) is 16.0. The van der Waals surface area contributed by atoms with Crippen LogP contribution in [0.25, 0.3) is 79.8 Å². The first kappa shape index (κ1) is 46.8. The number of aromatic nitrogens is 4. The van der Waals surface area contributed by atoms with Gasteiger partial charge >= 0.3 is 0 Å². The summed E-state index contributed by atoms with van der Waals surface area (Å²) in [6.07, 6.45) is 8.87. The van der Waals surface area contributed by atoms with Crippen molar-refractivity contribution in [3.63, 3.8) is 0 Å². The quantitative estimate of drug-likeness (QED) is 0.186. The summed E-state index contributed by atoms with van der Waals surface area (Å²) in [4.78, 5) is 19.1. The Hall–Kier alpha value is -5.74. The van der Waals surface area contributed by atoms with E-state index in [1.54, 1.807) is 0 Å². The molecule has 3 aromatic carbocycles. The van der Waals surface area contributed by atoms with Crippen molar-refractivity contribution in [1.29, 1.82) is 0 Å². The summed E-state index contributed by atoms with van der Waals surface area (Å²) < 4.78 is 0. The fourth-order valence-corrected chi connectivity index (χ4v) is 8.96. The van der Waals surface area contributed by atoms with Crippen LogP contribution in [0, 0.1) is 0 Å². The lowest BCUT2D eigenvalue weighted by Gasteiger charge is -2.26. The van der Waals surface area contributed by atoms with Gasteiger partial charge in [-0.25, -0.2) is 9.97 Å². The Morgan fingerprint density at radius 3 is 0.788 bits per heavy atom. The van der Waals surface area contributed by atoms with Crippen molar-refractivity contribution in [2.24, 2.45) is 0 Å². The van der Waals surface area contributed by atoms with Gasteiger partial charge in [0.05, 0.1) is 22.8 Å². The molecule has 8 bridgehead atoms. The minimum Gasteiger partial charge on any atom is -0.355 e. The monoisotopic (exact) mass is 875 g/mol. The maximum absolute atomic E-state index is 5.70. The maximum atomic E-state index is 5.70. The highest BCUT2D eigenvalue weighted by Gasteiger charge is 2.27. The summed E-state index contributed by atoms with van der Waals surface area (Å²) in [7, 11) is 0. The number of H-pyrrole nitrogens is 2. The van der Waals surface area contributed by atoms with Crippen LogP contribution in [0.2, 0.25) is 0 Å². The Morgan fingerprint density at radius 2 is 0.530 bits per heavy atom. The molecule has 0 aliphatic carbocycles. The fourth-order valence-electron chi connectivity index (χ4n) is 8.96. The van der Waals surface area contributed by atoms with Crippen molar-refractivity contribution in [3.8, 4) is 33.4 Å². The Labute approximate surface area is 396 Å². The number of fused-ring (bicyclic) bond motifs is 8. The van der Waals surface area contributed by atoms with Gasteiger partial charge in [0, 0.05) is 38.8 Å². The van der Waals surface area contributed by atoms with E-state index < -0.39 is 0 Å². The zero-order valence-electron chi connectivity index (χ0n) is 43.3. The molecule has 8 rings (SSSR count). The van der Waals surface area contributed by atoms with Crippen LogP contribution in [0.15, 0.2) is 84.9 Å². The highest BCUT2D eigenvalue weighted by Crippen LogP contribution is 2.43. The molecular weight excluding hydrogens is 801 g/mol. The molecule has 0 unspecified atom stereocenters. The van der Waals surface area contributed by atoms with Crippen molar-refractivity contribution in [1.82, 2.24) is 19.9 Å². The van der Waals surface area contributed by atoms with Gasteiger partial charge < -0.3 is 9.97 Å². The molecule has 5 heterocycles. The molecular formula is C62H74N4. The number of hydrogen-bond acceptors (Lipinski definition) is 2. The van der Waals surface area contributed by atoms with E-state index in [2.05, 4.69) is 244 Å². The third-order valence-corrected chi connectivity index (χ3v) is 13.4. The van der Waals surface area contributed by atoms with Gasteiger partial charge in [0.2, 0.25) is 0 Å². The summed E-state index contributed by atoms with van der Waals surface area (Å²) in [5.74, 6) is 0. The molecule has 0 saturated heterocycles. The van der Waals surface area contributed by atoms with Gasteiger partial charge in [-0.3, -0.25) is 0 Å². The fraction of sp³-hybridized carbons (Fsp3) is 0.387. The van der Waals surface area contributed by atoms with Gasteiger partial charge in [-0.2, -0.15) is 0 Å². The van der Waals surface area contributed by atoms with Crippen LogP contribution in [-0.2, 0) is 32.5 Å².